The van der Waals surface area contributed by atoms with E-state index in [0.717, 1.165) is 35.4 Å². The van der Waals surface area contributed by atoms with Gasteiger partial charge in [-0.2, -0.15) is 15.4 Å². The van der Waals surface area contributed by atoms with E-state index in [1.165, 1.54) is 11.1 Å². The highest BCUT2D eigenvalue weighted by Crippen LogP contribution is 2.30. The minimum absolute atomic E-state index is 0.132. The summed E-state index contributed by atoms with van der Waals surface area (Å²) in [6, 6.07) is 19.8. The van der Waals surface area contributed by atoms with Crippen LogP contribution in [0, 0.1) is 0 Å². The molecule has 6 nitrogen and oxygen atoms in total. The van der Waals surface area contributed by atoms with Gasteiger partial charge in [0.05, 0.1) is 6.61 Å². The lowest BCUT2D eigenvalue weighted by atomic mass is 10.0. The first-order valence-corrected chi connectivity index (χ1v) is 9.20. The van der Waals surface area contributed by atoms with Crippen molar-refractivity contribution < 1.29 is 9.53 Å². The normalized spacial score (nSPS) is 12.6. The Kier molecular flexibility index (Phi) is 4.01. The number of carbonyl (C=O) groups excluding carboxylic acids is 1. The van der Waals surface area contributed by atoms with Gasteiger partial charge in [-0.1, -0.05) is 30.3 Å². The summed E-state index contributed by atoms with van der Waals surface area (Å²) in [6.07, 6.45) is 0.966. The lowest BCUT2D eigenvalue weighted by Crippen LogP contribution is -2.22. The van der Waals surface area contributed by atoms with E-state index in [1.807, 2.05) is 18.2 Å². The van der Waals surface area contributed by atoms with Gasteiger partial charge >= 0.3 is 0 Å². The van der Waals surface area contributed by atoms with Crippen LogP contribution in [0.25, 0.3) is 22.2 Å². The number of nitrogens with zero attached hydrogens (tertiary/aromatic N) is 2. The van der Waals surface area contributed by atoms with Crippen LogP contribution in [0.4, 0.5) is 0 Å². The minimum Gasteiger partial charge on any atom is -0.493 e. The Bertz CT molecular complexity index is 1160. The van der Waals surface area contributed by atoms with E-state index in [-0.39, 0.29) is 5.91 Å². The first kappa shape index (κ1) is 16.5. The molecule has 0 bridgehead atoms. The van der Waals surface area contributed by atoms with Gasteiger partial charge in [0.15, 0.2) is 0 Å². The fraction of sp³-hybridized carbons (Fsp3) is 0.136. The number of hydrogen-bond donors (Lipinski definition) is 2. The number of rotatable bonds is 4. The second kappa shape index (κ2) is 6.81. The molecule has 2 heterocycles. The van der Waals surface area contributed by atoms with E-state index in [9.17, 15) is 4.79 Å². The van der Waals surface area contributed by atoms with Gasteiger partial charge in [0.2, 0.25) is 0 Å². The molecule has 2 N–H and O–H groups in total. The highest BCUT2D eigenvalue weighted by Gasteiger charge is 2.13. The summed E-state index contributed by atoms with van der Waals surface area (Å²) in [5.41, 5.74) is 6.63. The third-order valence-corrected chi connectivity index (χ3v) is 5.01. The molecular weight excluding hydrogens is 352 g/mol. The molecule has 0 saturated heterocycles. The zero-order chi connectivity index (χ0) is 18.9. The van der Waals surface area contributed by atoms with Gasteiger partial charge in [0, 0.05) is 18.5 Å². The minimum atomic E-state index is -0.132. The van der Waals surface area contributed by atoms with Crippen LogP contribution in [0.15, 0.2) is 60.7 Å². The highest BCUT2D eigenvalue weighted by atomic mass is 16.5. The highest BCUT2D eigenvalue weighted by molar-refractivity contribution is 5.97. The maximum absolute atomic E-state index is 12.4. The van der Waals surface area contributed by atoms with Gasteiger partial charge in [0.1, 0.15) is 16.8 Å². The smallest absolute Gasteiger partial charge is 0.251 e. The maximum atomic E-state index is 12.4. The standard InChI is InChI=1S/C22H18N4O2/c27-22(18-5-7-19-20(12-18)25-26-24-19)23-13-14-1-3-15(4-2-14)16-6-8-21-17(11-16)9-10-28-21/h1-8,11-12H,9-10,13H2,(H,23,27)(H,24,25,26). The third kappa shape index (κ3) is 3.09. The molecule has 6 heteroatoms. The van der Waals surface area contributed by atoms with Crippen molar-refractivity contribution >= 4 is 16.9 Å². The van der Waals surface area contributed by atoms with Crippen molar-refractivity contribution in [2.45, 2.75) is 13.0 Å². The molecule has 0 atom stereocenters. The van der Waals surface area contributed by atoms with E-state index in [1.54, 1.807) is 18.2 Å². The van der Waals surface area contributed by atoms with E-state index >= 15 is 0 Å². The van der Waals surface area contributed by atoms with Gasteiger partial charge in [-0.25, -0.2) is 0 Å². The van der Waals surface area contributed by atoms with Crippen LogP contribution in [-0.4, -0.2) is 27.9 Å². The Labute approximate surface area is 161 Å². The lowest BCUT2D eigenvalue weighted by Gasteiger charge is -2.08. The number of nitrogens with one attached hydrogen (secondary N) is 2. The average molecular weight is 370 g/mol. The maximum Gasteiger partial charge on any atom is 0.251 e. The molecule has 1 aliphatic heterocycles. The van der Waals surface area contributed by atoms with Crippen molar-refractivity contribution in [1.82, 2.24) is 20.7 Å². The van der Waals surface area contributed by atoms with E-state index in [2.05, 4.69) is 45.0 Å². The Morgan fingerprint density at radius 3 is 2.68 bits per heavy atom. The number of aromatic amines is 1. The summed E-state index contributed by atoms with van der Waals surface area (Å²) in [5.74, 6) is 0.861. The summed E-state index contributed by atoms with van der Waals surface area (Å²) >= 11 is 0. The van der Waals surface area contributed by atoms with Crippen LogP contribution >= 0.6 is 0 Å². The SMILES string of the molecule is O=C(NCc1ccc(-c2ccc3c(c2)CCO3)cc1)c1ccc2n[nH]nc2c1. The summed E-state index contributed by atoms with van der Waals surface area (Å²) < 4.78 is 5.57. The second-order valence-corrected chi connectivity index (χ2v) is 6.83. The van der Waals surface area contributed by atoms with Crippen LogP contribution in [0.5, 0.6) is 5.75 Å². The van der Waals surface area contributed by atoms with Crippen LogP contribution in [0.3, 0.4) is 0 Å². The van der Waals surface area contributed by atoms with Crippen LogP contribution in [0.2, 0.25) is 0 Å². The molecule has 1 aromatic heterocycles. The zero-order valence-corrected chi connectivity index (χ0v) is 15.1. The quantitative estimate of drug-likeness (QED) is 0.576. The molecular formula is C22H18N4O2. The van der Waals surface area contributed by atoms with Crippen LogP contribution in [-0.2, 0) is 13.0 Å². The monoisotopic (exact) mass is 370 g/mol. The van der Waals surface area contributed by atoms with Crippen molar-refractivity contribution in [3.05, 3.63) is 77.4 Å². The number of aromatic nitrogens is 3. The van der Waals surface area contributed by atoms with Crippen molar-refractivity contribution in [2.24, 2.45) is 0 Å². The number of ether oxygens (including phenoxy) is 1. The molecule has 0 aliphatic carbocycles. The molecule has 3 aromatic carbocycles. The average Bonchev–Trinajstić information content (AvgIpc) is 3.40. The summed E-state index contributed by atoms with van der Waals surface area (Å²) in [4.78, 5) is 12.4. The third-order valence-electron chi connectivity index (χ3n) is 5.01. The first-order chi connectivity index (χ1) is 13.8. The molecule has 0 unspecified atom stereocenters. The van der Waals surface area contributed by atoms with E-state index in [0.29, 0.717) is 17.6 Å². The molecule has 1 amide bonds. The predicted octanol–water partition coefficient (Wildman–Crippen LogP) is 3.49. The molecule has 138 valence electrons. The zero-order valence-electron chi connectivity index (χ0n) is 15.1. The molecule has 5 rings (SSSR count). The Morgan fingerprint density at radius 1 is 0.964 bits per heavy atom. The fourth-order valence-corrected chi connectivity index (χ4v) is 3.45. The molecule has 1 aliphatic rings. The number of benzene rings is 3. The predicted molar refractivity (Wildman–Crippen MR) is 106 cm³/mol. The Hall–Kier alpha value is -3.67. The van der Waals surface area contributed by atoms with Gasteiger partial charge in [-0.15, -0.1) is 0 Å². The van der Waals surface area contributed by atoms with Gasteiger partial charge < -0.3 is 10.1 Å². The molecule has 4 aromatic rings. The second-order valence-electron chi connectivity index (χ2n) is 6.83. The Balaban J connectivity index is 1.26. The first-order valence-electron chi connectivity index (χ1n) is 9.20. The fourth-order valence-electron chi connectivity index (χ4n) is 3.45. The van der Waals surface area contributed by atoms with E-state index < -0.39 is 0 Å². The summed E-state index contributed by atoms with van der Waals surface area (Å²) in [5, 5.41) is 13.5. The van der Waals surface area contributed by atoms with Crippen molar-refractivity contribution in [3.63, 3.8) is 0 Å². The number of fused-ring (bicyclic) bond motifs is 2. The largest absolute Gasteiger partial charge is 0.493 e. The summed E-state index contributed by atoms with van der Waals surface area (Å²) in [7, 11) is 0. The van der Waals surface area contributed by atoms with E-state index in [4.69, 9.17) is 4.74 Å². The van der Waals surface area contributed by atoms with Gasteiger partial charge in [-0.3, -0.25) is 4.79 Å². The van der Waals surface area contributed by atoms with Crippen molar-refractivity contribution in [2.75, 3.05) is 6.61 Å². The van der Waals surface area contributed by atoms with Gasteiger partial charge in [0.25, 0.3) is 5.91 Å². The molecule has 0 spiro atoms. The number of hydrogen-bond acceptors (Lipinski definition) is 4. The Morgan fingerprint density at radius 2 is 1.79 bits per heavy atom. The molecule has 28 heavy (non-hydrogen) atoms. The van der Waals surface area contributed by atoms with Gasteiger partial charge in [-0.05, 0) is 52.6 Å². The molecule has 0 radical (unpaired) electrons. The summed E-state index contributed by atoms with van der Waals surface area (Å²) in [6.45, 7) is 1.23. The number of amides is 1. The number of H-pyrrole nitrogens is 1. The van der Waals surface area contributed by atoms with Crippen molar-refractivity contribution in [1.29, 1.82) is 0 Å². The van der Waals surface area contributed by atoms with Crippen molar-refractivity contribution in [3.8, 4) is 16.9 Å². The number of carbonyl (C=O) groups is 1. The van der Waals surface area contributed by atoms with Crippen LogP contribution in [0.1, 0.15) is 21.5 Å². The van der Waals surface area contributed by atoms with Crippen LogP contribution < -0.4 is 10.1 Å². The molecule has 0 saturated carbocycles. The topological polar surface area (TPSA) is 79.9 Å². The lowest BCUT2D eigenvalue weighted by molar-refractivity contribution is 0.0951. The molecule has 0 fully saturated rings.